The predicted octanol–water partition coefficient (Wildman–Crippen LogP) is 4.42. The van der Waals surface area contributed by atoms with Crippen molar-refractivity contribution in [3.63, 3.8) is 0 Å². The first-order chi connectivity index (χ1) is 15.1. The number of allylic oxidation sites excluding steroid dienone is 2. The van der Waals surface area contributed by atoms with Crippen molar-refractivity contribution in [2.75, 3.05) is 0 Å². The lowest BCUT2D eigenvalue weighted by molar-refractivity contribution is -0.140. The molecule has 1 saturated heterocycles. The SMILES string of the molecule is O=C1C2C3C=CC(C4CC34)C2C(=O)N1/N=C/c1ccc(OCc2ccccc2)c(Br)c1. The fraction of sp³-hybridized carbons (Fsp3) is 0.320. The Morgan fingerprint density at radius 2 is 1.68 bits per heavy atom. The third-order valence-electron chi connectivity index (χ3n) is 7.15. The Balaban J connectivity index is 1.16. The van der Waals surface area contributed by atoms with Crippen LogP contribution in [0, 0.1) is 35.5 Å². The van der Waals surface area contributed by atoms with E-state index in [1.54, 1.807) is 6.21 Å². The molecule has 2 aromatic rings. The van der Waals surface area contributed by atoms with Crippen LogP contribution in [0.2, 0.25) is 0 Å². The molecule has 0 radical (unpaired) electrons. The first kappa shape index (κ1) is 19.0. The summed E-state index contributed by atoms with van der Waals surface area (Å²) in [5.41, 5.74) is 1.88. The Morgan fingerprint density at radius 3 is 2.32 bits per heavy atom. The number of ether oxygens (including phenoxy) is 1. The number of carbonyl (C=O) groups excluding carboxylic acids is 2. The van der Waals surface area contributed by atoms with Crippen LogP contribution in [0.1, 0.15) is 17.5 Å². The molecule has 0 spiro atoms. The lowest BCUT2D eigenvalue weighted by atomic mass is 9.63. The van der Waals surface area contributed by atoms with E-state index in [4.69, 9.17) is 4.74 Å². The standard InChI is InChI=1S/C25H21BrN2O3/c26-20-10-15(6-9-21(20)31-13-14-4-2-1-3-5-14)12-27-28-24(29)22-16-7-8-17(19-11-18(16)19)23(22)25(28)30/h1-10,12,16-19,22-23H,11,13H2/b27-12+. The Bertz CT molecular complexity index is 1090. The summed E-state index contributed by atoms with van der Waals surface area (Å²) in [5, 5.41) is 5.41. The van der Waals surface area contributed by atoms with E-state index >= 15 is 0 Å². The average Bonchev–Trinajstić information content (AvgIpc) is 3.57. The zero-order valence-corrected chi connectivity index (χ0v) is 18.3. The summed E-state index contributed by atoms with van der Waals surface area (Å²) >= 11 is 3.54. The topological polar surface area (TPSA) is 59.0 Å². The zero-order chi connectivity index (χ0) is 21.1. The number of hydrogen-bond acceptors (Lipinski definition) is 4. The van der Waals surface area contributed by atoms with Gasteiger partial charge in [0.05, 0.1) is 22.5 Å². The number of rotatable bonds is 5. The van der Waals surface area contributed by atoms with Crippen molar-refractivity contribution in [2.24, 2.45) is 40.6 Å². The molecule has 2 amide bonds. The first-order valence-electron chi connectivity index (χ1n) is 10.7. The van der Waals surface area contributed by atoms with Crippen LogP contribution in [0.5, 0.6) is 5.75 Å². The van der Waals surface area contributed by atoms with Gasteiger partial charge >= 0.3 is 0 Å². The molecule has 0 N–H and O–H groups in total. The molecule has 6 heteroatoms. The summed E-state index contributed by atoms with van der Waals surface area (Å²) in [4.78, 5) is 26.0. The van der Waals surface area contributed by atoms with Gasteiger partial charge in [0.15, 0.2) is 0 Å². The van der Waals surface area contributed by atoms with E-state index in [1.165, 1.54) is 0 Å². The minimum atomic E-state index is -0.219. The molecule has 5 nitrogen and oxygen atoms in total. The minimum Gasteiger partial charge on any atom is -0.488 e. The highest BCUT2D eigenvalue weighted by atomic mass is 79.9. The summed E-state index contributed by atoms with van der Waals surface area (Å²) in [5.74, 6) is 1.62. The molecule has 31 heavy (non-hydrogen) atoms. The molecular weight excluding hydrogens is 456 g/mol. The van der Waals surface area contributed by atoms with Crippen LogP contribution in [0.4, 0.5) is 0 Å². The van der Waals surface area contributed by atoms with Gasteiger partial charge in [-0.15, -0.1) is 0 Å². The van der Waals surface area contributed by atoms with Crippen LogP contribution in [-0.2, 0) is 16.2 Å². The van der Waals surface area contributed by atoms with E-state index in [0.29, 0.717) is 18.4 Å². The molecule has 156 valence electrons. The van der Waals surface area contributed by atoms with Crippen molar-refractivity contribution < 1.29 is 14.3 Å². The molecule has 2 saturated carbocycles. The van der Waals surface area contributed by atoms with Crippen LogP contribution in [0.15, 0.2) is 70.3 Å². The van der Waals surface area contributed by atoms with Crippen molar-refractivity contribution in [3.8, 4) is 5.75 Å². The summed E-state index contributed by atoms with van der Waals surface area (Å²) < 4.78 is 6.68. The Hall–Kier alpha value is -2.73. The maximum Gasteiger partial charge on any atom is 0.254 e. The van der Waals surface area contributed by atoms with Gasteiger partial charge in [-0.2, -0.15) is 10.1 Å². The van der Waals surface area contributed by atoms with Gasteiger partial charge < -0.3 is 4.74 Å². The molecule has 2 aromatic carbocycles. The number of hydrazone groups is 1. The normalized spacial score (nSPS) is 32.5. The fourth-order valence-corrected chi connectivity index (χ4v) is 6.14. The Labute approximate surface area is 188 Å². The van der Waals surface area contributed by atoms with E-state index < -0.39 is 0 Å². The highest BCUT2D eigenvalue weighted by Crippen LogP contribution is 2.65. The van der Waals surface area contributed by atoms with Crippen LogP contribution in [0.3, 0.4) is 0 Å². The van der Waals surface area contributed by atoms with E-state index in [1.807, 2.05) is 48.5 Å². The smallest absolute Gasteiger partial charge is 0.254 e. The minimum absolute atomic E-state index is 0.141. The van der Waals surface area contributed by atoms with Gasteiger partial charge in [0, 0.05) is 0 Å². The predicted molar refractivity (Wildman–Crippen MR) is 119 cm³/mol. The van der Waals surface area contributed by atoms with Crippen molar-refractivity contribution in [3.05, 3.63) is 76.3 Å². The van der Waals surface area contributed by atoms with Crippen molar-refractivity contribution >= 4 is 34.0 Å². The molecule has 4 aliphatic carbocycles. The summed E-state index contributed by atoms with van der Waals surface area (Å²) in [6, 6.07) is 15.6. The number of amides is 2. The largest absolute Gasteiger partial charge is 0.488 e. The molecule has 2 bridgehead atoms. The van der Waals surface area contributed by atoms with Crippen molar-refractivity contribution in [2.45, 2.75) is 13.0 Å². The molecular formula is C25H21BrN2O3. The lowest BCUT2D eigenvalue weighted by Crippen LogP contribution is -2.40. The molecule has 6 unspecified atom stereocenters. The second kappa shape index (κ2) is 7.16. The second-order valence-electron chi connectivity index (χ2n) is 8.85. The number of hydrogen-bond donors (Lipinski definition) is 0. The van der Waals surface area contributed by atoms with E-state index in [-0.39, 0.29) is 35.5 Å². The molecule has 6 atom stereocenters. The van der Waals surface area contributed by atoms with Gasteiger partial charge in [-0.1, -0.05) is 42.5 Å². The van der Waals surface area contributed by atoms with E-state index in [2.05, 4.69) is 33.2 Å². The fourth-order valence-electron chi connectivity index (χ4n) is 5.63. The van der Waals surface area contributed by atoms with Crippen LogP contribution in [-0.4, -0.2) is 23.0 Å². The van der Waals surface area contributed by atoms with Gasteiger partial charge in [-0.05, 0) is 75.3 Å². The Morgan fingerprint density at radius 1 is 1.00 bits per heavy atom. The summed E-state index contributed by atoms with van der Waals surface area (Å²) in [7, 11) is 0. The van der Waals surface area contributed by atoms with Gasteiger partial charge in [0.1, 0.15) is 12.4 Å². The summed E-state index contributed by atoms with van der Waals surface area (Å²) in [6.07, 6.45) is 7.08. The van der Waals surface area contributed by atoms with Crippen molar-refractivity contribution in [1.82, 2.24) is 5.01 Å². The third kappa shape index (κ3) is 3.07. The van der Waals surface area contributed by atoms with Gasteiger partial charge in [-0.3, -0.25) is 9.59 Å². The highest BCUT2D eigenvalue weighted by Gasteiger charge is 2.67. The van der Waals surface area contributed by atoms with Gasteiger partial charge in [0.2, 0.25) is 0 Å². The van der Waals surface area contributed by atoms with Crippen molar-refractivity contribution in [1.29, 1.82) is 0 Å². The van der Waals surface area contributed by atoms with Crippen LogP contribution >= 0.6 is 15.9 Å². The average molecular weight is 477 g/mol. The maximum atomic E-state index is 13.0. The molecule has 0 aromatic heterocycles. The third-order valence-corrected chi connectivity index (χ3v) is 7.77. The monoisotopic (exact) mass is 476 g/mol. The molecule has 5 aliphatic rings. The van der Waals surface area contributed by atoms with Gasteiger partial charge in [0.25, 0.3) is 11.8 Å². The van der Waals surface area contributed by atoms with Crippen LogP contribution in [0.25, 0.3) is 0 Å². The van der Waals surface area contributed by atoms with Gasteiger partial charge in [-0.25, -0.2) is 0 Å². The lowest BCUT2D eigenvalue weighted by Gasteiger charge is -2.37. The first-order valence-corrected chi connectivity index (χ1v) is 11.5. The van der Waals surface area contributed by atoms with Crippen LogP contribution < -0.4 is 4.74 Å². The highest BCUT2D eigenvalue weighted by molar-refractivity contribution is 9.10. The maximum absolute atomic E-state index is 13.0. The number of nitrogens with zero attached hydrogens (tertiary/aromatic N) is 2. The Kier molecular flexibility index (Phi) is 4.39. The molecule has 1 heterocycles. The quantitative estimate of drug-likeness (QED) is 0.364. The number of halogens is 1. The molecule has 7 rings (SSSR count). The van der Waals surface area contributed by atoms with E-state index in [0.717, 1.165) is 32.8 Å². The number of benzene rings is 2. The zero-order valence-electron chi connectivity index (χ0n) is 16.7. The molecule has 3 fully saturated rings. The number of imide groups is 1. The molecule has 1 aliphatic heterocycles. The second-order valence-corrected chi connectivity index (χ2v) is 9.71. The number of carbonyl (C=O) groups is 2. The summed E-state index contributed by atoms with van der Waals surface area (Å²) in [6.45, 7) is 0.477. The van der Waals surface area contributed by atoms with E-state index in [9.17, 15) is 9.59 Å².